The molecule has 1 aromatic heterocycles. The lowest BCUT2D eigenvalue weighted by atomic mass is 10.0. The molecule has 62 valence electrons. The smallest absolute Gasteiger partial charge is 0.0664 e. The molecule has 1 unspecified atom stereocenters. The van der Waals surface area contributed by atoms with E-state index in [1.807, 2.05) is 6.92 Å². The fourth-order valence-electron chi connectivity index (χ4n) is 1.54. The van der Waals surface area contributed by atoms with Crippen molar-refractivity contribution >= 4 is 12.2 Å². The second kappa shape index (κ2) is 2.74. The average molecular weight is 159 g/mol. The van der Waals surface area contributed by atoms with Crippen LogP contribution in [-0.2, 0) is 0 Å². The van der Waals surface area contributed by atoms with Gasteiger partial charge in [-0.15, -0.1) is 0 Å². The van der Waals surface area contributed by atoms with Crippen molar-refractivity contribution in [2.45, 2.75) is 20.3 Å². The van der Waals surface area contributed by atoms with Crippen LogP contribution in [0.5, 0.6) is 0 Å². The lowest BCUT2D eigenvalue weighted by molar-refractivity contribution is 0.793. The zero-order chi connectivity index (χ0) is 8.55. The maximum absolute atomic E-state index is 4.48. The largest absolute Gasteiger partial charge is 0.253 e. The summed E-state index contributed by atoms with van der Waals surface area (Å²) < 4.78 is 0. The fraction of sp³-hybridized carbons (Fsp3) is 0.364. The number of rotatable bonds is 0. The van der Waals surface area contributed by atoms with Crippen LogP contribution in [0, 0.1) is 12.8 Å². The number of pyridine rings is 1. The SMILES string of the molecule is Cc1ccc2c(n1)=CC(C)CC=2. The van der Waals surface area contributed by atoms with Gasteiger partial charge >= 0.3 is 0 Å². The van der Waals surface area contributed by atoms with Gasteiger partial charge in [-0.3, -0.25) is 4.98 Å². The van der Waals surface area contributed by atoms with Gasteiger partial charge in [0.05, 0.1) is 5.35 Å². The van der Waals surface area contributed by atoms with Crippen LogP contribution in [0.3, 0.4) is 0 Å². The second-order valence-electron chi connectivity index (χ2n) is 3.51. The van der Waals surface area contributed by atoms with E-state index in [2.05, 4.69) is 36.2 Å². The summed E-state index contributed by atoms with van der Waals surface area (Å²) in [7, 11) is 0. The quantitative estimate of drug-likeness (QED) is 0.550. The Balaban J connectivity index is 2.72. The molecule has 2 rings (SSSR count). The van der Waals surface area contributed by atoms with Crippen molar-refractivity contribution in [1.82, 2.24) is 4.98 Å². The molecular formula is C11H13N. The zero-order valence-electron chi connectivity index (χ0n) is 7.54. The molecule has 0 amide bonds. The second-order valence-corrected chi connectivity index (χ2v) is 3.51. The average Bonchev–Trinajstić information content (AvgIpc) is 2.03. The van der Waals surface area contributed by atoms with Gasteiger partial charge in [0.15, 0.2) is 0 Å². The van der Waals surface area contributed by atoms with E-state index < -0.39 is 0 Å². The van der Waals surface area contributed by atoms with Crippen molar-refractivity contribution in [2.24, 2.45) is 5.92 Å². The molecule has 0 bridgehead atoms. The molecule has 0 spiro atoms. The number of fused-ring (bicyclic) bond motifs is 1. The molecule has 1 heteroatoms. The van der Waals surface area contributed by atoms with E-state index in [0.29, 0.717) is 5.92 Å². The Morgan fingerprint density at radius 2 is 2.25 bits per heavy atom. The summed E-state index contributed by atoms with van der Waals surface area (Å²) in [4.78, 5) is 4.48. The summed E-state index contributed by atoms with van der Waals surface area (Å²) in [6.45, 7) is 4.26. The minimum Gasteiger partial charge on any atom is -0.253 e. The molecule has 0 saturated heterocycles. The molecule has 0 fully saturated rings. The van der Waals surface area contributed by atoms with Gasteiger partial charge in [-0.2, -0.15) is 0 Å². The molecule has 1 heterocycles. The first-order valence-electron chi connectivity index (χ1n) is 4.41. The fourth-order valence-corrected chi connectivity index (χ4v) is 1.54. The molecule has 0 saturated carbocycles. The highest BCUT2D eigenvalue weighted by Crippen LogP contribution is 2.05. The van der Waals surface area contributed by atoms with Gasteiger partial charge < -0.3 is 0 Å². The van der Waals surface area contributed by atoms with Gasteiger partial charge in [-0.05, 0) is 30.5 Å². The highest BCUT2D eigenvalue weighted by molar-refractivity contribution is 5.37. The lowest BCUT2D eigenvalue weighted by Crippen LogP contribution is -2.31. The molecule has 0 radical (unpaired) electrons. The Labute approximate surface area is 72.5 Å². The first-order chi connectivity index (χ1) is 5.75. The Hall–Kier alpha value is -1.11. The zero-order valence-corrected chi connectivity index (χ0v) is 7.54. The minimum atomic E-state index is 0.645. The van der Waals surface area contributed by atoms with E-state index in [4.69, 9.17) is 0 Å². The van der Waals surface area contributed by atoms with Gasteiger partial charge in [0.25, 0.3) is 0 Å². The molecule has 0 aromatic carbocycles. The maximum atomic E-state index is 4.48. The van der Waals surface area contributed by atoms with Gasteiger partial charge in [-0.1, -0.05) is 25.1 Å². The van der Waals surface area contributed by atoms with Crippen LogP contribution in [0.1, 0.15) is 19.0 Å². The molecular weight excluding hydrogens is 146 g/mol. The van der Waals surface area contributed by atoms with Crippen LogP contribution in [0.2, 0.25) is 0 Å². The van der Waals surface area contributed by atoms with Gasteiger partial charge in [0, 0.05) is 5.69 Å². The summed E-state index contributed by atoms with van der Waals surface area (Å²) in [5, 5.41) is 2.45. The van der Waals surface area contributed by atoms with E-state index in [0.717, 1.165) is 17.5 Å². The van der Waals surface area contributed by atoms with Crippen molar-refractivity contribution in [1.29, 1.82) is 0 Å². The predicted molar refractivity (Wildman–Crippen MR) is 50.9 cm³/mol. The van der Waals surface area contributed by atoms with E-state index in [9.17, 15) is 0 Å². The molecule has 0 N–H and O–H groups in total. The summed E-state index contributed by atoms with van der Waals surface area (Å²) in [6, 6.07) is 4.22. The van der Waals surface area contributed by atoms with Gasteiger partial charge in [-0.25, -0.2) is 0 Å². The molecule has 12 heavy (non-hydrogen) atoms. The van der Waals surface area contributed by atoms with E-state index >= 15 is 0 Å². The Morgan fingerprint density at radius 1 is 1.42 bits per heavy atom. The van der Waals surface area contributed by atoms with E-state index in [1.165, 1.54) is 5.22 Å². The summed E-state index contributed by atoms with van der Waals surface area (Å²) in [5.74, 6) is 0.645. The topological polar surface area (TPSA) is 12.9 Å². The first kappa shape index (κ1) is 7.53. The van der Waals surface area contributed by atoms with Crippen LogP contribution >= 0.6 is 0 Å². The third kappa shape index (κ3) is 1.27. The van der Waals surface area contributed by atoms with Crippen LogP contribution in [-0.4, -0.2) is 4.98 Å². The van der Waals surface area contributed by atoms with Crippen molar-refractivity contribution in [2.75, 3.05) is 0 Å². The van der Waals surface area contributed by atoms with Gasteiger partial charge in [0.1, 0.15) is 0 Å². The van der Waals surface area contributed by atoms with E-state index in [-0.39, 0.29) is 0 Å². The minimum absolute atomic E-state index is 0.645. The normalized spacial score (nSPS) is 20.7. The van der Waals surface area contributed by atoms with Crippen LogP contribution in [0.15, 0.2) is 12.1 Å². The van der Waals surface area contributed by atoms with Crippen molar-refractivity contribution in [3.05, 3.63) is 28.4 Å². The molecule has 1 aliphatic carbocycles. The third-order valence-electron chi connectivity index (χ3n) is 2.25. The number of hydrogen-bond donors (Lipinski definition) is 0. The summed E-state index contributed by atoms with van der Waals surface area (Å²) >= 11 is 0. The molecule has 1 aromatic rings. The number of hydrogen-bond acceptors (Lipinski definition) is 1. The van der Waals surface area contributed by atoms with Gasteiger partial charge in [0.2, 0.25) is 0 Å². The van der Waals surface area contributed by atoms with E-state index in [1.54, 1.807) is 0 Å². The van der Waals surface area contributed by atoms with Crippen LogP contribution in [0.25, 0.3) is 12.2 Å². The molecule has 1 aliphatic rings. The number of aryl methyl sites for hydroxylation is 1. The first-order valence-corrected chi connectivity index (χ1v) is 4.41. The lowest BCUT2D eigenvalue weighted by Gasteiger charge is -2.06. The van der Waals surface area contributed by atoms with Crippen molar-refractivity contribution in [3.63, 3.8) is 0 Å². The third-order valence-corrected chi connectivity index (χ3v) is 2.25. The predicted octanol–water partition coefficient (Wildman–Crippen LogP) is 0.991. The summed E-state index contributed by atoms with van der Waals surface area (Å²) in [5.41, 5.74) is 1.10. The Kier molecular flexibility index (Phi) is 1.72. The molecule has 1 nitrogen and oxygen atoms in total. The Bertz CT molecular complexity index is 404. The highest BCUT2D eigenvalue weighted by Gasteiger charge is 2.01. The number of aromatic nitrogens is 1. The van der Waals surface area contributed by atoms with Crippen molar-refractivity contribution in [3.8, 4) is 0 Å². The highest BCUT2D eigenvalue weighted by atomic mass is 14.7. The monoisotopic (exact) mass is 159 g/mol. The maximum Gasteiger partial charge on any atom is 0.0664 e. The standard InChI is InChI=1S/C11H13N/c1-8-3-5-10-6-4-9(2)12-11(10)7-8/h4-8H,3H2,1-2H3. The van der Waals surface area contributed by atoms with Crippen molar-refractivity contribution < 1.29 is 0 Å². The van der Waals surface area contributed by atoms with Crippen LogP contribution < -0.4 is 10.6 Å². The summed E-state index contributed by atoms with van der Waals surface area (Å²) in [6.07, 6.45) is 5.67. The Morgan fingerprint density at radius 3 is 3.08 bits per heavy atom. The molecule has 1 atom stereocenters. The molecule has 0 aliphatic heterocycles. The number of nitrogens with zero attached hydrogens (tertiary/aromatic N) is 1. The van der Waals surface area contributed by atoms with Crippen LogP contribution in [0.4, 0.5) is 0 Å².